The highest BCUT2D eigenvalue weighted by molar-refractivity contribution is 5.85. The summed E-state index contributed by atoms with van der Waals surface area (Å²) in [6.07, 6.45) is 3.54. The Kier molecular flexibility index (Phi) is 10.3. The minimum atomic E-state index is 0. The first-order valence-electron chi connectivity index (χ1n) is 9.21. The number of nitrogens with zero attached hydrogens (tertiary/aromatic N) is 2. The number of likely N-dealkylation sites (tertiary alicyclic amines) is 1. The van der Waals surface area contributed by atoms with Gasteiger partial charge < -0.3 is 15.5 Å². The lowest BCUT2D eigenvalue weighted by molar-refractivity contribution is -0.122. The number of nitrogens with one attached hydrogen (secondary N) is 2. The zero-order valence-corrected chi connectivity index (χ0v) is 17.2. The van der Waals surface area contributed by atoms with Crippen LogP contribution in [0.2, 0.25) is 0 Å². The summed E-state index contributed by atoms with van der Waals surface area (Å²) >= 11 is 0. The molecule has 1 aromatic carbocycles. The summed E-state index contributed by atoms with van der Waals surface area (Å²) in [5, 5.41) is 6.47. The molecule has 0 aliphatic carbocycles. The van der Waals surface area contributed by atoms with Gasteiger partial charge in [0.1, 0.15) is 0 Å². The van der Waals surface area contributed by atoms with Crippen LogP contribution >= 0.6 is 24.8 Å². The zero-order valence-electron chi connectivity index (χ0n) is 15.5. The van der Waals surface area contributed by atoms with Crippen LogP contribution in [0.5, 0.6) is 0 Å². The summed E-state index contributed by atoms with van der Waals surface area (Å²) in [5.41, 5.74) is 1.29. The third-order valence-corrected chi connectivity index (χ3v) is 5.28. The van der Waals surface area contributed by atoms with Gasteiger partial charge in [0.05, 0.1) is 6.54 Å². The number of carbonyl (C=O) groups is 1. The Morgan fingerprint density at radius 1 is 1.12 bits per heavy atom. The van der Waals surface area contributed by atoms with Crippen molar-refractivity contribution in [1.29, 1.82) is 0 Å². The van der Waals surface area contributed by atoms with Gasteiger partial charge in [0.25, 0.3) is 0 Å². The lowest BCUT2D eigenvalue weighted by Gasteiger charge is -2.32. The highest BCUT2D eigenvalue weighted by Crippen LogP contribution is 2.22. The predicted octanol–water partition coefficient (Wildman–Crippen LogP) is 2.16. The van der Waals surface area contributed by atoms with Gasteiger partial charge >= 0.3 is 0 Å². The molecule has 2 N–H and O–H groups in total. The van der Waals surface area contributed by atoms with Crippen LogP contribution in [0.4, 0.5) is 5.69 Å². The average molecular weight is 403 g/mol. The molecule has 0 aromatic heterocycles. The smallest absolute Gasteiger partial charge is 0.234 e. The van der Waals surface area contributed by atoms with Crippen LogP contribution in [-0.2, 0) is 4.79 Å². The predicted molar refractivity (Wildman–Crippen MR) is 113 cm³/mol. The van der Waals surface area contributed by atoms with Crippen LogP contribution in [0.1, 0.15) is 19.3 Å². The maximum atomic E-state index is 12.2. The molecule has 2 aliphatic rings. The van der Waals surface area contributed by atoms with Crippen LogP contribution in [-0.4, -0.2) is 63.2 Å². The van der Waals surface area contributed by atoms with Gasteiger partial charge in [0, 0.05) is 37.9 Å². The molecule has 5 nitrogen and oxygen atoms in total. The molecule has 2 unspecified atom stereocenters. The minimum absolute atomic E-state index is 0. The van der Waals surface area contributed by atoms with Crippen molar-refractivity contribution in [3.05, 3.63) is 30.3 Å². The first-order chi connectivity index (χ1) is 11.7. The van der Waals surface area contributed by atoms with E-state index < -0.39 is 0 Å². The van der Waals surface area contributed by atoms with Gasteiger partial charge in [-0.15, -0.1) is 24.8 Å². The first-order valence-corrected chi connectivity index (χ1v) is 9.21. The molecule has 2 saturated heterocycles. The maximum Gasteiger partial charge on any atom is 0.234 e. The van der Waals surface area contributed by atoms with Crippen molar-refractivity contribution in [3.8, 4) is 0 Å². The van der Waals surface area contributed by atoms with E-state index in [0.717, 1.165) is 39.1 Å². The second-order valence-electron chi connectivity index (χ2n) is 7.10. The molecule has 2 aliphatic heterocycles. The summed E-state index contributed by atoms with van der Waals surface area (Å²) in [6, 6.07) is 11.1. The van der Waals surface area contributed by atoms with Crippen molar-refractivity contribution in [2.75, 3.05) is 51.2 Å². The molecule has 0 spiro atoms. The van der Waals surface area contributed by atoms with E-state index >= 15 is 0 Å². The molecular formula is C19H32Cl2N4O. The van der Waals surface area contributed by atoms with E-state index in [1.54, 1.807) is 0 Å². The van der Waals surface area contributed by atoms with Crippen molar-refractivity contribution in [1.82, 2.24) is 15.5 Å². The van der Waals surface area contributed by atoms with Crippen LogP contribution < -0.4 is 15.5 Å². The number of rotatable bonds is 6. The van der Waals surface area contributed by atoms with Crippen molar-refractivity contribution < 1.29 is 4.79 Å². The number of anilines is 1. The highest BCUT2D eigenvalue weighted by Gasteiger charge is 2.24. The summed E-state index contributed by atoms with van der Waals surface area (Å²) in [5.74, 6) is 0.727. The van der Waals surface area contributed by atoms with E-state index in [0.29, 0.717) is 18.5 Å². The normalized spacial score (nSPS) is 23.0. The molecule has 2 heterocycles. The van der Waals surface area contributed by atoms with Gasteiger partial charge in [-0.25, -0.2) is 0 Å². The largest absolute Gasteiger partial charge is 0.371 e. The standard InChI is InChI=1S/C19H30N4O.2ClH/c1-20-17-6-5-10-22(14-17)15-19(24)21-12-16-9-11-23(13-16)18-7-3-2-4-8-18;;/h2-4,7-8,16-17,20H,5-6,9-15H2,1H3,(H,21,24);2*1H. The molecule has 0 saturated carbocycles. The van der Waals surface area contributed by atoms with Gasteiger partial charge in [0.2, 0.25) is 5.91 Å². The number of hydrogen-bond donors (Lipinski definition) is 2. The van der Waals surface area contributed by atoms with E-state index in [4.69, 9.17) is 0 Å². The number of carbonyl (C=O) groups excluding carboxylic acids is 1. The van der Waals surface area contributed by atoms with E-state index in [2.05, 4.69) is 50.8 Å². The average Bonchev–Trinajstić information content (AvgIpc) is 3.10. The molecule has 7 heteroatoms. The molecule has 2 fully saturated rings. The van der Waals surface area contributed by atoms with Gasteiger partial charge in [-0.2, -0.15) is 0 Å². The first kappa shape index (κ1) is 23.0. The van der Waals surface area contributed by atoms with E-state index in [1.165, 1.54) is 18.5 Å². The molecule has 1 aromatic rings. The monoisotopic (exact) mass is 402 g/mol. The lowest BCUT2D eigenvalue weighted by atomic mass is 10.1. The molecule has 26 heavy (non-hydrogen) atoms. The Labute approximate surface area is 169 Å². The number of benzene rings is 1. The number of para-hydroxylation sites is 1. The fourth-order valence-corrected chi connectivity index (χ4v) is 3.82. The molecule has 0 bridgehead atoms. The van der Waals surface area contributed by atoms with E-state index in [1.807, 2.05) is 7.05 Å². The summed E-state index contributed by atoms with van der Waals surface area (Å²) in [6.45, 7) is 5.47. The Balaban J connectivity index is 0.00000169. The van der Waals surface area contributed by atoms with Gasteiger partial charge in [0.15, 0.2) is 0 Å². The van der Waals surface area contributed by atoms with Gasteiger partial charge in [-0.3, -0.25) is 9.69 Å². The quantitative estimate of drug-likeness (QED) is 0.765. The molecule has 0 radical (unpaired) electrons. The van der Waals surface area contributed by atoms with Crippen molar-refractivity contribution >= 4 is 36.4 Å². The van der Waals surface area contributed by atoms with Crippen LogP contribution in [0.3, 0.4) is 0 Å². The third kappa shape index (κ3) is 6.62. The fraction of sp³-hybridized carbons (Fsp3) is 0.632. The Hall–Kier alpha value is -1.01. The molecule has 148 valence electrons. The van der Waals surface area contributed by atoms with Crippen molar-refractivity contribution in [2.24, 2.45) is 5.92 Å². The van der Waals surface area contributed by atoms with E-state index in [-0.39, 0.29) is 30.7 Å². The molecule has 2 atom stereocenters. The van der Waals surface area contributed by atoms with Crippen LogP contribution in [0.15, 0.2) is 30.3 Å². The fourth-order valence-electron chi connectivity index (χ4n) is 3.82. The number of likely N-dealkylation sites (N-methyl/N-ethyl adjacent to an activating group) is 1. The number of amides is 1. The highest BCUT2D eigenvalue weighted by atomic mass is 35.5. The lowest BCUT2D eigenvalue weighted by Crippen LogP contribution is -2.48. The number of hydrogen-bond acceptors (Lipinski definition) is 4. The van der Waals surface area contributed by atoms with Gasteiger partial charge in [-0.05, 0) is 50.9 Å². The second kappa shape index (κ2) is 11.7. The summed E-state index contributed by atoms with van der Waals surface area (Å²) < 4.78 is 0. The molecular weight excluding hydrogens is 371 g/mol. The van der Waals surface area contributed by atoms with Crippen LogP contribution in [0.25, 0.3) is 0 Å². The minimum Gasteiger partial charge on any atom is -0.371 e. The number of halogens is 2. The van der Waals surface area contributed by atoms with Crippen molar-refractivity contribution in [2.45, 2.75) is 25.3 Å². The van der Waals surface area contributed by atoms with Crippen molar-refractivity contribution in [3.63, 3.8) is 0 Å². The van der Waals surface area contributed by atoms with Crippen LogP contribution in [0, 0.1) is 5.92 Å². The third-order valence-electron chi connectivity index (χ3n) is 5.28. The molecule has 1 amide bonds. The SMILES string of the molecule is CNC1CCCN(CC(=O)NCC2CCN(c3ccccc3)C2)C1.Cl.Cl. The number of piperidine rings is 1. The zero-order chi connectivity index (χ0) is 16.8. The summed E-state index contributed by atoms with van der Waals surface area (Å²) in [4.78, 5) is 16.9. The second-order valence-corrected chi connectivity index (χ2v) is 7.10. The Bertz CT molecular complexity index is 532. The maximum absolute atomic E-state index is 12.2. The Morgan fingerprint density at radius 3 is 2.62 bits per heavy atom. The topological polar surface area (TPSA) is 47.6 Å². The Morgan fingerprint density at radius 2 is 1.88 bits per heavy atom. The van der Waals surface area contributed by atoms with Gasteiger partial charge in [-0.1, -0.05) is 18.2 Å². The summed E-state index contributed by atoms with van der Waals surface area (Å²) in [7, 11) is 2.01. The van der Waals surface area contributed by atoms with E-state index in [9.17, 15) is 4.79 Å². The molecule has 3 rings (SSSR count).